The summed E-state index contributed by atoms with van der Waals surface area (Å²) in [7, 11) is -2.91. The first-order valence-corrected chi connectivity index (χ1v) is 9.32. The fraction of sp³-hybridized carbons (Fsp3) is 0.625. The lowest BCUT2D eigenvalue weighted by molar-refractivity contribution is 0.175. The molecule has 0 radical (unpaired) electrons. The van der Waals surface area contributed by atoms with Gasteiger partial charge in [0, 0.05) is 13.1 Å². The smallest absolute Gasteiger partial charge is 0.154 e. The second-order valence-corrected chi connectivity index (χ2v) is 8.53. The number of rotatable bonds is 6. The van der Waals surface area contributed by atoms with E-state index in [1.165, 1.54) is 5.56 Å². The van der Waals surface area contributed by atoms with Gasteiger partial charge >= 0.3 is 0 Å². The zero-order valence-electron chi connectivity index (χ0n) is 12.7. The molecule has 0 bridgehead atoms. The molecule has 0 aliphatic carbocycles. The van der Waals surface area contributed by atoms with Gasteiger partial charge in [-0.3, -0.25) is 0 Å². The van der Waals surface area contributed by atoms with Crippen molar-refractivity contribution in [1.29, 1.82) is 0 Å². The van der Waals surface area contributed by atoms with E-state index < -0.39 is 15.9 Å². The fourth-order valence-electron chi connectivity index (χ4n) is 2.69. The first-order chi connectivity index (χ1) is 9.90. The minimum absolute atomic E-state index is 0.284. The summed E-state index contributed by atoms with van der Waals surface area (Å²) in [6.45, 7) is 5.08. The normalized spacial score (nSPS) is 22.6. The lowest BCUT2D eigenvalue weighted by Crippen LogP contribution is -2.33. The van der Waals surface area contributed by atoms with Gasteiger partial charge < -0.3 is 10.4 Å². The van der Waals surface area contributed by atoms with Crippen LogP contribution < -0.4 is 5.32 Å². The van der Waals surface area contributed by atoms with Crippen LogP contribution in [0.1, 0.15) is 49.8 Å². The molecule has 21 heavy (non-hydrogen) atoms. The number of aliphatic hydroxyl groups is 1. The summed E-state index contributed by atoms with van der Waals surface area (Å²) in [5, 5.41) is 12.9. The molecule has 1 aliphatic heterocycles. The van der Waals surface area contributed by atoms with E-state index in [9.17, 15) is 13.5 Å². The summed E-state index contributed by atoms with van der Waals surface area (Å²) >= 11 is 0. The SMILES string of the molecule is CC(C)c1ccc(C(O)CNCC2CCCS2(=O)=O)cc1. The number of benzene rings is 1. The molecule has 0 aromatic heterocycles. The highest BCUT2D eigenvalue weighted by atomic mass is 32.2. The Morgan fingerprint density at radius 1 is 1.24 bits per heavy atom. The molecule has 1 heterocycles. The summed E-state index contributed by atoms with van der Waals surface area (Å²) in [6.07, 6.45) is 0.887. The molecule has 2 unspecified atom stereocenters. The van der Waals surface area contributed by atoms with E-state index in [2.05, 4.69) is 19.2 Å². The second-order valence-electron chi connectivity index (χ2n) is 6.13. The lowest BCUT2D eigenvalue weighted by atomic mass is 10.00. The van der Waals surface area contributed by atoms with Crippen LogP contribution in [0.3, 0.4) is 0 Å². The molecule has 2 N–H and O–H groups in total. The van der Waals surface area contributed by atoms with E-state index in [4.69, 9.17) is 0 Å². The highest BCUT2D eigenvalue weighted by molar-refractivity contribution is 7.92. The molecule has 5 heteroatoms. The third kappa shape index (κ3) is 4.28. The summed E-state index contributed by atoms with van der Waals surface area (Å²) in [6, 6.07) is 7.94. The van der Waals surface area contributed by atoms with Crippen molar-refractivity contribution in [3.05, 3.63) is 35.4 Å². The average molecular weight is 311 g/mol. The van der Waals surface area contributed by atoms with Crippen molar-refractivity contribution in [2.45, 2.75) is 44.0 Å². The largest absolute Gasteiger partial charge is 0.387 e. The predicted molar refractivity (Wildman–Crippen MR) is 85.2 cm³/mol. The molecule has 0 saturated carbocycles. The Balaban J connectivity index is 1.83. The Morgan fingerprint density at radius 3 is 2.38 bits per heavy atom. The van der Waals surface area contributed by atoms with Crippen molar-refractivity contribution in [3.63, 3.8) is 0 Å². The Morgan fingerprint density at radius 2 is 1.86 bits per heavy atom. The Hall–Kier alpha value is -0.910. The van der Waals surface area contributed by atoms with Crippen LogP contribution in [-0.2, 0) is 9.84 Å². The molecule has 1 aromatic rings. The first kappa shape index (κ1) is 16.5. The predicted octanol–water partition coefficient (Wildman–Crippen LogP) is 2.01. The molecule has 0 spiro atoms. The molecule has 0 amide bonds. The van der Waals surface area contributed by atoms with Gasteiger partial charge in [0.1, 0.15) is 0 Å². The molecule has 2 atom stereocenters. The highest BCUT2D eigenvalue weighted by Crippen LogP contribution is 2.20. The lowest BCUT2D eigenvalue weighted by Gasteiger charge is -2.15. The molecular weight excluding hydrogens is 286 g/mol. The third-order valence-electron chi connectivity index (χ3n) is 4.16. The van der Waals surface area contributed by atoms with Gasteiger partial charge in [-0.25, -0.2) is 8.42 Å². The van der Waals surface area contributed by atoms with Crippen LogP contribution in [-0.4, -0.2) is 37.6 Å². The van der Waals surface area contributed by atoms with Gasteiger partial charge in [-0.15, -0.1) is 0 Å². The molecule has 1 aliphatic rings. The van der Waals surface area contributed by atoms with E-state index in [0.717, 1.165) is 18.4 Å². The zero-order valence-corrected chi connectivity index (χ0v) is 13.6. The average Bonchev–Trinajstić information content (AvgIpc) is 2.78. The zero-order chi connectivity index (χ0) is 15.5. The van der Waals surface area contributed by atoms with E-state index in [1.54, 1.807) is 0 Å². The summed E-state index contributed by atoms with van der Waals surface area (Å²) in [5.41, 5.74) is 2.11. The highest BCUT2D eigenvalue weighted by Gasteiger charge is 2.30. The molecule has 4 nitrogen and oxygen atoms in total. The van der Waals surface area contributed by atoms with Crippen LogP contribution in [0.2, 0.25) is 0 Å². The van der Waals surface area contributed by atoms with Gasteiger partial charge in [0.15, 0.2) is 9.84 Å². The molecule has 1 aromatic carbocycles. The number of hydrogen-bond acceptors (Lipinski definition) is 4. The van der Waals surface area contributed by atoms with Crippen LogP contribution in [0.25, 0.3) is 0 Å². The molecule has 1 saturated heterocycles. The maximum Gasteiger partial charge on any atom is 0.154 e. The maximum atomic E-state index is 11.7. The Bertz CT molecular complexity index is 551. The van der Waals surface area contributed by atoms with Crippen molar-refractivity contribution >= 4 is 9.84 Å². The topological polar surface area (TPSA) is 66.4 Å². The second kappa shape index (κ2) is 6.90. The van der Waals surface area contributed by atoms with E-state index in [1.807, 2.05) is 24.3 Å². The van der Waals surface area contributed by atoms with E-state index >= 15 is 0 Å². The van der Waals surface area contributed by atoms with Gasteiger partial charge in [-0.1, -0.05) is 38.1 Å². The molecule has 2 rings (SSSR count). The standard InChI is InChI=1S/C16H25NO3S/c1-12(2)13-5-7-14(8-6-13)16(18)11-17-10-15-4-3-9-21(15,19)20/h5-8,12,15-18H,3-4,9-11H2,1-2H3. The van der Waals surface area contributed by atoms with Crippen molar-refractivity contribution in [3.8, 4) is 0 Å². The van der Waals surface area contributed by atoms with Gasteiger partial charge in [0.2, 0.25) is 0 Å². The number of sulfone groups is 1. The van der Waals surface area contributed by atoms with Crippen molar-refractivity contribution in [2.75, 3.05) is 18.8 Å². The van der Waals surface area contributed by atoms with Crippen LogP contribution >= 0.6 is 0 Å². The maximum absolute atomic E-state index is 11.7. The Labute approximate surface area is 127 Å². The van der Waals surface area contributed by atoms with E-state index in [0.29, 0.717) is 24.8 Å². The summed E-state index contributed by atoms with van der Waals surface area (Å²) < 4.78 is 23.4. The quantitative estimate of drug-likeness (QED) is 0.843. The van der Waals surface area contributed by atoms with Gasteiger partial charge in [-0.05, 0) is 29.9 Å². The van der Waals surface area contributed by atoms with E-state index in [-0.39, 0.29) is 5.25 Å². The number of nitrogens with one attached hydrogen (secondary N) is 1. The van der Waals surface area contributed by atoms with Crippen LogP contribution in [0.4, 0.5) is 0 Å². The van der Waals surface area contributed by atoms with Crippen molar-refractivity contribution in [2.24, 2.45) is 0 Å². The number of hydrogen-bond donors (Lipinski definition) is 2. The van der Waals surface area contributed by atoms with Crippen LogP contribution in [0.15, 0.2) is 24.3 Å². The Kier molecular flexibility index (Phi) is 5.41. The fourth-order valence-corrected chi connectivity index (χ4v) is 4.49. The van der Waals surface area contributed by atoms with Crippen LogP contribution in [0, 0.1) is 0 Å². The minimum atomic E-state index is -2.91. The van der Waals surface area contributed by atoms with Gasteiger partial charge in [-0.2, -0.15) is 0 Å². The molecule has 118 valence electrons. The monoisotopic (exact) mass is 311 g/mol. The molecule has 1 fully saturated rings. The summed E-state index contributed by atoms with van der Waals surface area (Å²) in [4.78, 5) is 0. The third-order valence-corrected chi connectivity index (χ3v) is 6.44. The van der Waals surface area contributed by atoms with Crippen molar-refractivity contribution < 1.29 is 13.5 Å². The van der Waals surface area contributed by atoms with Gasteiger partial charge in [0.25, 0.3) is 0 Å². The van der Waals surface area contributed by atoms with Gasteiger partial charge in [0.05, 0.1) is 17.1 Å². The van der Waals surface area contributed by atoms with Crippen molar-refractivity contribution in [1.82, 2.24) is 5.32 Å². The van der Waals surface area contributed by atoms with Crippen LogP contribution in [0.5, 0.6) is 0 Å². The minimum Gasteiger partial charge on any atom is -0.387 e. The molecular formula is C16H25NO3S. The summed E-state index contributed by atoms with van der Waals surface area (Å²) in [5.74, 6) is 0.778. The number of aliphatic hydroxyl groups excluding tert-OH is 1. The first-order valence-electron chi connectivity index (χ1n) is 7.60.